The van der Waals surface area contributed by atoms with Crippen molar-refractivity contribution in [3.05, 3.63) is 75.7 Å². The number of aliphatic carboxylic acids is 1. The first kappa shape index (κ1) is 27.5. The highest BCUT2D eigenvalue weighted by Gasteiger charge is 2.47. The second-order valence-electron chi connectivity index (χ2n) is 9.13. The van der Waals surface area contributed by atoms with E-state index in [-0.39, 0.29) is 25.1 Å². The van der Waals surface area contributed by atoms with Crippen molar-refractivity contribution in [3.8, 4) is 0 Å². The number of nitrogens with one attached hydrogen (secondary N) is 1. The first-order valence-corrected chi connectivity index (χ1v) is 12.8. The Balaban J connectivity index is 1.82. The first-order chi connectivity index (χ1) is 18.0. The number of carboxylic acids is 1. The molecule has 3 heterocycles. The predicted molar refractivity (Wildman–Crippen MR) is 136 cm³/mol. The van der Waals surface area contributed by atoms with Crippen LogP contribution in [0.2, 0.25) is 0 Å². The van der Waals surface area contributed by atoms with Crippen LogP contribution in [0.3, 0.4) is 0 Å². The Bertz CT molecular complexity index is 1280. The van der Waals surface area contributed by atoms with Gasteiger partial charge in [0, 0.05) is 36.3 Å². The van der Waals surface area contributed by atoms with E-state index in [0.717, 1.165) is 0 Å². The van der Waals surface area contributed by atoms with Crippen molar-refractivity contribution in [1.82, 2.24) is 15.2 Å². The molecule has 1 aromatic heterocycles. The largest absolute Gasteiger partial charge is 0.481 e. The molecule has 0 bridgehead atoms. The molecule has 0 radical (unpaired) electrons. The smallest absolute Gasteiger partial charge is 0.338 e. The number of carbonyl (C=O) groups is 2. The van der Waals surface area contributed by atoms with Gasteiger partial charge in [0.25, 0.3) is 5.92 Å². The van der Waals surface area contributed by atoms with Crippen molar-refractivity contribution in [1.29, 1.82) is 0 Å². The molecule has 4 rings (SSSR count). The van der Waals surface area contributed by atoms with Crippen LogP contribution in [-0.2, 0) is 19.9 Å². The van der Waals surface area contributed by atoms with Crippen LogP contribution in [0.25, 0.3) is 0 Å². The monoisotopic (exact) mass is 548 g/mol. The van der Waals surface area contributed by atoms with Gasteiger partial charge in [-0.1, -0.05) is 24.3 Å². The van der Waals surface area contributed by atoms with Crippen molar-refractivity contribution in [3.63, 3.8) is 0 Å². The van der Waals surface area contributed by atoms with E-state index in [0.29, 0.717) is 22.1 Å². The van der Waals surface area contributed by atoms with Gasteiger partial charge in [-0.15, -0.1) is 11.3 Å². The topological polar surface area (TPSA) is 104 Å². The summed E-state index contributed by atoms with van der Waals surface area (Å²) >= 11 is 1.30. The third-order valence-corrected chi connectivity index (χ3v) is 7.12. The van der Waals surface area contributed by atoms with Crippen molar-refractivity contribution in [2.45, 2.75) is 44.2 Å². The fraction of sp³-hybridized carbons (Fsp3) is 0.385. The summed E-state index contributed by atoms with van der Waals surface area (Å²) in [4.78, 5) is 34.9. The third kappa shape index (κ3) is 5.97. The molecule has 1 fully saturated rings. The van der Waals surface area contributed by atoms with Crippen molar-refractivity contribution >= 4 is 29.1 Å². The number of ether oxygens (including phenoxy) is 1. The molecule has 2 aromatic rings. The van der Waals surface area contributed by atoms with Crippen LogP contribution in [-0.4, -0.2) is 64.4 Å². The van der Waals surface area contributed by atoms with Gasteiger partial charge in [-0.05, 0) is 31.5 Å². The van der Waals surface area contributed by atoms with Crippen LogP contribution in [0, 0.1) is 5.82 Å². The lowest BCUT2D eigenvalue weighted by molar-refractivity contribution is -0.139. The van der Waals surface area contributed by atoms with Gasteiger partial charge < -0.3 is 15.2 Å². The van der Waals surface area contributed by atoms with Gasteiger partial charge in [-0.25, -0.2) is 27.9 Å². The van der Waals surface area contributed by atoms with E-state index < -0.39 is 48.2 Å². The van der Waals surface area contributed by atoms with E-state index in [2.05, 4.69) is 10.3 Å². The Morgan fingerprint density at radius 1 is 1.32 bits per heavy atom. The number of amidine groups is 1. The molecule has 2 N–H and O–H groups in total. The molecule has 2 aliphatic rings. The maximum atomic E-state index is 14.5. The molecule has 0 aliphatic carbocycles. The Morgan fingerprint density at radius 3 is 2.68 bits per heavy atom. The third-order valence-electron chi connectivity index (χ3n) is 6.34. The highest BCUT2D eigenvalue weighted by atomic mass is 32.1. The van der Waals surface area contributed by atoms with E-state index >= 15 is 0 Å². The molecule has 1 aromatic carbocycles. The quantitative estimate of drug-likeness (QED) is 0.359. The summed E-state index contributed by atoms with van der Waals surface area (Å²) in [5.41, 5.74) is -0.447. The second kappa shape index (κ2) is 11.1. The number of carbonyl (C=O) groups excluding carboxylic acids is 1. The number of carboxylic acid groups (broad SMARTS) is 1. The SMILES string of the molecule is CCOC(=O)C1=C(CN2CC(F)(F)CC2/C=C/CC(=O)O)NC(c2nccs2)=N[C@@]1(C)c1ccc(F)cc1. The van der Waals surface area contributed by atoms with Crippen molar-refractivity contribution in [2.24, 2.45) is 4.99 Å². The summed E-state index contributed by atoms with van der Waals surface area (Å²) in [5, 5.41) is 14.3. The summed E-state index contributed by atoms with van der Waals surface area (Å²) in [5.74, 6) is -4.90. The van der Waals surface area contributed by atoms with E-state index in [1.165, 1.54) is 52.7 Å². The van der Waals surface area contributed by atoms with Gasteiger partial charge in [0.2, 0.25) is 0 Å². The Labute approximate surface area is 221 Å². The fourth-order valence-electron chi connectivity index (χ4n) is 4.68. The molecular formula is C26H27F3N4O4S. The minimum atomic E-state index is -3.01. The molecule has 202 valence electrons. The van der Waals surface area contributed by atoms with Gasteiger partial charge in [0.1, 0.15) is 11.4 Å². The molecule has 0 spiro atoms. The number of alkyl halides is 2. The lowest BCUT2D eigenvalue weighted by Crippen LogP contribution is -2.45. The van der Waals surface area contributed by atoms with Gasteiger partial charge in [0.15, 0.2) is 10.8 Å². The fourth-order valence-corrected chi connectivity index (χ4v) is 5.26. The number of likely N-dealkylation sites (tertiary alicyclic amines) is 1. The Kier molecular flexibility index (Phi) is 8.02. The number of halogens is 3. The molecule has 1 unspecified atom stereocenters. The molecular weight excluding hydrogens is 521 g/mol. The maximum Gasteiger partial charge on any atom is 0.338 e. The minimum absolute atomic E-state index is 0.0699. The average Bonchev–Trinajstić information content (AvgIpc) is 3.47. The van der Waals surface area contributed by atoms with Crippen LogP contribution < -0.4 is 5.32 Å². The molecule has 0 amide bonds. The number of hydrogen-bond donors (Lipinski definition) is 2. The number of nitrogens with zero attached hydrogens (tertiary/aromatic N) is 3. The number of aliphatic imine (C=N–C) groups is 1. The summed E-state index contributed by atoms with van der Waals surface area (Å²) < 4.78 is 48.2. The van der Waals surface area contributed by atoms with Crippen molar-refractivity contribution < 1.29 is 32.6 Å². The van der Waals surface area contributed by atoms with Crippen LogP contribution >= 0.6 is 11.3 Å². The van der Waals surface area contributed by atoms with Gasteiger partial charge >= 0.3 is 11.9 Å². The zero-order valence-electron chi connectivity index (χ0n) is 20.8. The number of hydrogen-bond acceptors (Lipinski definition) is 8. The zero-order chi connectivity index (χ0) is 27.5. The van der Waals surface area contributed by atoms with E-state index in [1.54, 1.807) is 25.4 Å². The highest BCUT2D eigenvalue weighted by molar-refractivity contribution is 7.11. The predicted octanol–water partition coefficient (Wildman–Crippen LogP) is 4.11. The van der Waals surface area contributed by atoms with Crippen LogP contribution in [0.5, 0.6) is 0 Å². The number of esters is 1. The van der Waals surface area contributed by atoms with Gasteiger partial charge in [0.05, 0.1) is 25.1 Å². The van der Waals surface area contributed by atoms with E-state index in [4.69, 9.17) is 14.8 Å². The average molecular weight is 549 g/mol. The Morgan fingerprint density at radius 2 is 2.05 bits per heavy atom. The van der Waals surface area contributed by atoms with E-state index in [9.17, 15) is 22.8 Å². The molecule has 1 saturated heterocycles. The van der Waals surface area contributed by atoms with Crippen LogP contribution in [0.15, 0.2) is 64.3 Å². The number of aromatic nitrogens is 1. The second-order valence-corrected chi connectivity index (χ2v) is 10.0. The maximum absolute atomic E-state index is 14.5. The van der Waals surface area contributed by atoms with E-state index in [1.807, 2.05) is 0 Å². The van der Waals surface area contributed by atoms with Gasteiger partial charge in [-0.2, -0.15) is 0 Å². The summed E-state index contributed by atoms with van der Waals surface area (Å²) in [6, 6.07) is 4.78. The molecule has 38 heavy (non-hydrogen) atoms. The molecule has 2 aliphatic heterocycles. The number of benzene rings is 1. The summed E-state index contributed by atoms with van der Waals surface area (Å²) in [6.07, 6.45) is 3.61. The Hall–Kier alpha value is -3.51. The molecule has 12 heteroatoms. The summed E-state index contributed by atoms with van der Waals surface area (Å²) in [7, 11) is 0. The standard InChI is InChI=1S/C26H27F3N4O4S/c1-3-37-24(36)21-19(14-33-15-26(28,29)13-18(33)5-4-6-20(34)35)31-22(23-30-11-12-38-23)32-25(21,2)16-7-9-17(27)10-8-16/h4-5,7-12,18H,3,6,13-15H2,1-2H3,(H,31,32)(H,34,35)/b5-4+/t18?,25-/m0/s1. The van der Waals surface area contributed by atoms with Crippen LogP contribution in [0.1, 0.15) is 37.3 Å². The number of rotatable bonds is 9. The molecule has 0 saturated carbocycles. The summed E-state index contributed by atoms with van der Waals surface area (Å²) in [6.45, 7) is 2.71. The molecule has 2 atom stereocenters. The zero-order valence-corrected chi connectivity index (χ0v) is 21.6. The minimum Gasteiger partial charge on any atom is -0.481 e. The van der Waals surface area contributed by atoms with Crippen LogP contribution in [0.4, 0.5) is 13.2 Å². The lowest BCUT2D eigenvalue weighted by Gasteiger charge is -2.36. The highest BCUT2D eigenvalue weighted by Crippen LogP contribution is 2.40. The normalized spacial score (nSPS) is 23.4. The molecule has 8 nitrogen and oxygen atoms in total. The van der Waals surface area contributed by atoms with Gasteiger partial charge in [-0.3, -0.25) is 9.69 Å². The lowest BCUT2D eigenvalue weighted by atomic mass is 9.82. The van der Waals surface area contributed by atoms with Crippen molar-refractivity contribution in [2.75, 3.05) is 19.7 Å². The number of thiazole rings is 1. The first-order valence-electron chi connectivity index (χ1n) is 12.0.